The number of anilines is 1. The van der Waals surface area contributed by atoms with Crippen molar-refractivity contribution < 1.29 is 14.3 Å². The third-order valence-corrected chi connectivity index (χ3v) is 4.86. The lowest BCUT2D eigenvalue weighted by Gasteiger charge is -2.22. The molecule has 0 atom stereocenters. The highest BCUT2D eigenvalue weighted by atomic mass is 16.5. The molecule has 1 amide bonds. The molecule has 2 aromatic rings. The van der Waals surface area contributed by atoms with Crippen LogP contribution in [0.5, 0.6) is 0 Å². The van der Waals surface area contributed by atoms with E-state index in [0.29, 0.717) is 19.1 Å². The van der Waals surface area contributed by atoms with Gasteiger partial charge < -0.3 is 14.4 Å². The molecule has 4 rings (SSSR count). The average Bonchev–Trinajstić information content (AvgIpc) is 3.45. The number of amides is 1. The van der Waals surface area contributed by atoms with Gasteiger partial charge in [0.15, 0.2) is 0 Å². The van der Waals surface area contributed by atoms with E-state index in [4.69, 9.17) is 9.47 Å². The predicted octanol–water partition coefficient (Wildman–Crippen LogP) is 3.77. The van der Waals surface area contributed by atoms with Gasteiger partial charge in [0.2, 0.25) is 0 Å². The van der Waals surface area contributed by atoms with Gasteiger partial charge in [-0.3, -0.25) is 4.79 Å². The van der Waals surface area contributed by atoms with Crippen molar-refractivity contribution in [3.8, 4) is 11.1 Å². The molecule has 0 saturated heterocycles. The second-order valence-electron chi connectivity index (χ2n) is 6.92. The van der Waals surface area contributed by atoms with Crippen LogP contribution in [-0.4, -0.2) is 26.2 Å². The van der Waals surface area contributed by atoms with Crippen LogP contribution in [0.2, 0.25) is 0 Å². The Morgan fingerprint density at radius 3 is 2.76 bits per heavy atom. The quantitative estimate of drug-likeness (QED) is 0.833. The van der Waals surface area contributed by atoms with Gasteiger partial charge in [-0.15, -0.1) is 0 Å². The van der Waals surface area contributed by atoms with Crippen molar-refractivity contribution in [2.75, 3.05) is 25.2 Å². The highest BCUT2D eigenvalue weighted by Crippen LogP contribution is 2.35. The fourth-order valence-electron chi connectivity index (χ4n) is 3.37. The Hall–Kier alpha value is -2.17. The molecule has 4 heteroatoms. The Bertz CT molecular complexity index is 782. The zero-order chi connectivity index (χ0) is 17.2. The van der Waals surface area contributed by atoms with Crippen molar-refractivity contribution in [3.05, 3.63) is 53.6 Å². The lowest BCUT2D eigenvalue weighted by molar-refractivity contribution is -0.123. The van der Waals surface area contributed by atoms with Gasteiger partial charge in [0.25, 0.3) is 5.91 Å². The van der Waals surface area contributed by atoms with Crippen molar-refractivity contribution in [2.45, 2.75) is 26.1 Å². The fourth-order valence-corrected chi connectivity index (χ4v) is 3.37. The maximum Gasteiger partial charge on any atom is 0.253 e. The summed E-state index contributed by atoms with van der Waals surface area (Å²) in [5, 5.41) is 0. The summed E-state index contributed by atoms with van der Waals surface area (Å²) in [6.45, 7) is 2.07. The van der Waals surface area contributed by atoms with Crippen molar-refractivity contribution >= 4 is 11.6 Å². The third kappa shape index (κ3) is 3.60. The summed E-state index contributed by atoms with van der Waals surface area (Å²) in [5.74, 6) is 0.723. The van der Waals surface area contributed by atoms with Gasteiger partial charge in [-0.25, -0.2) is 0 Å². The van der Waals surface area contributed by atoms with E-state index in [-0.39, 0.29) is 12.5 Å². The molecule has 1 heterocycles. The third-order valence-electron chi connectivity index (χ3n) is 4.86. The average molecular weight is 337 g/mol. The number of rotatable bonds is 5. The van der Waals surface area contributed by atoms with E-state index in [9.17, 15) is 4.79 Å². The molecular formula is C21H23NO3. The molecule has 0 N–H and O–H groups in total. The number of methoxy groups -OCH3 is 1. The summed E-state index contributed by atoms with van der Waals surface area (Å²) in [4.78, 5) is 14.3. The molecule has 130 valence electrons. The van der Waals surface area contributed by atoms with Crippen molar-refractivity contribution in [1.82, 2.24) is 0 Å². The first-order valence-electron chi connectivity index (χ1n) is 8.84. The highest BCUT2D eigenvalue weighted by Gasteiger charge is 2.30. The van der Waals surface area contributed by atoms with Crippen LogP contribution >= 0.6 is 0 Å². The highest BCUT2D eigenvalue weighted by molar-refractivity contribution is 5.96. The first-order chi connectivity index (χ1) is 12.2. The van der Waals surface area contributed by atoms with Crippen molar-refractivity contribution in [1.29, 1.82) is 0 Å². The van der Waals surface area contributed by atoms with Crippen LogP contribution in [0.25, 0.3) is 11.1 Å². The summed E-state index contributed by atoms with van der Waals surface area (Å²) in [6, 6.07) is 14.7. The molecule has 0 aromatic heterocycles. The summed E-state index contributed by atoms with van der Waals surface area (Å²) >= 11 is 0. The van der Waals surface area contributed by atoms with Gasteiger partial charge in [0, 0.05) is 24.9 Å². The minimum Gasteiger partial charge on any atom is -0.380 e. The number of benzene rings is 2. The van der Waals surface area contributed by atoms with E-state index in [1.165, 1.54) is 12.8 Å². The minimum absolute atomic E-state index is 0.0699. The lowest BCUT2D eigenvalue weighted by atomic mass is 10.00. The lowest BCUT2D eigenvalue weighted by Crippen LogP contribution is -2.34. The van der Waals surface area contributed by atoms with E-state index in [1.54, 1.807) is 7.11 Å². The van der Waals surface area contributed by atoms with Gasteiger partial charge in [-0.05, 0) is 53.6 Å². The van der Waals surface area contributed by atoms with E-state index >= 15 is 0 Å². The summed E-state index contributed by atoms with van der Waals surface area (Å²) in [6.07, 6.45) is 2.45. The second kappa shape index (κ2) is 6.98. The Morgan fingerprint density at radius 2 is 1.96 bits per heavy atom. The van der Waals surface area contributed by atoms with Crippen LogP contribution in [-0.2, 0) is 27.5 Å². The molecule has 1 aliphatic carbocycles. The van der Waals surface area contributed by atoms with E-state index < -0.39 is 0 Å². The van der Waals surface area contributed by atoms with Gasteiger partial charge in [0.05, 0.1) is 13.2 Å². The molecule has 0 bridgehead atoms. The normalized spacial score (nSPS) is 17.3. The monoisotopic (exact) mass is 337 g/mol. The summed E-state index contributed by atoms with van der Waals surface area (Å²) < 4.78 is 10.8. The largest absolute Gasteiger partial charge is 0.380 e. The number of carbonyl (C=O) groups excluding carboxylic acids is 1. The zero-order valence-electron chi connectivity index (χ0n) is 14.5. The number of nitrogens with zero attached hydrogens (tertiary/aromatic N) is 1. The maximum absolute atomic E-state index is 12.4. The van der Waals surface area contributed by atoms with Crippen LogP contribution < -0.4 is 4.90 Å². The number of hydrogen-bond donors (Lipinski definition) is 0. The standard InChI is InChI=1S/C21H23NO3/c1-24-12-16-3-2-4-17(9-16)18-7-8-20-19(10-18)13-25-14-21(23)22(20)11-15-5-6-15/h2-4,7-10,15H,5-6,11-14H2,1H3. The Morgan fingerprint density at radius 1 is 1.12 bits per heavy atom. The van der Waals surface area contributed by atoms with Crippen LogP contribution in [0.3, 0.4) is 0 Å². The first kappa shape index (κ1) is 16.3. The minimum atomic E-state index is 0.0699. The molecule has 2 aliphatic rings. The number of hydrogen-bond acceptors (Lipinski definition) is 3. The Kier molecular flexibility index (Phi) is 4.55. The molecule has 1 fully saturated rings. The van der Waals surface area contributed by atoms with Gasteiger partial charge >= 0.3 is 0 Å². The molecule has 2 aromatic carbocycles. The number of carbonyl (C=O) groups is 1. The molecule has 1 aliphatic heterocycles. The molecule has 0 radical (unpaired) electrons. The van der Waals surface area contributed by atoms with Gasteiger partial charge in [0.1, 0.15) is 6.61 Å². The van der Waals surface area contributed by atoms with E-state index in [0.717, 1.165) is 34.5 Å². The number of ether oxygens (including phenoxy) is 2. The zero-order valence-corrected chi connectivity index (χ0v) is 14.5. The molecular weight excluding hydrogens is 314 g/mol. The van der Waals surface area contributed by atoms with E-state index in [1.807, 2.05) is 4.90 Å². The summed E-state index contributed by atoms with van der Waals surface area (Å²) in [5.41, 5.74) is 5.53. The van der Waals surface area contributed by atoms with Gasteiger partial charge in [-0.1, -0.05) is 24.3 Å². The SMILES string of the molecule is COCc1cccc(-c2ccc3c(c2)COCC(=O)N3CC2CC2)c1. The first-order valence-corrected chi connectivity index (χ1v) is 8.84. The van der Waals surface area contributed by atoms with Crippen LogP contribution in [0.1, 0.15) is 24.0 Å². The van der Waals surface area contributed by atoms with Crippen molar-refractivity contribution in [2.24, 2.45) is 5.92 Å². The molecule has 1 saturated carbocycles. The van der Waals surface area contributed by atoms with Crippen molar-refractivity contribution in [3.63, 3.8) is 0 Å². The molecule has 0 spiro atoms. The van der Waals surface area contributed by atoms with Crippen LogP contribution in [0.15, 0.2) is 42.5 Å². The number of fused-ring (bicyclic) bond motifs is 1. The molecule has 25 heavy (non-hydrogen) atoms. The predicted molar refractivity (Wildman–Crippen MR) is 97.3 cm³/mol. The Labute approximate surface area is 148 Å². The maximum atomic E-state index is 12.4. The van der Waals surface area contributed by atoms with Crippen LogP contribution in [0, 0.1) is 5.92 Å². The topological polar surface area (TPSA) is 38.8 Å². The molecule has 4 nitrogen and oxygen atoms in total. The van der Waals surface area contributed by atoms with Crippen LogP contribution in [0.4, 0.5) is 5.69 Å². The Balaban J connectivity index is 1.67. The smallest absolute Gasteiger partial charge is 0.253 e. The molecule has 0 unspecified atom stereocenters. The fraction of sp³-hybridized carbons (Fsp3) is 0.381. The van der Waals surface area contributed by atoms with E-state index in [2.05, 4.69) is 42.5 Å². The second-order valence-corrected chi connectivity index (χ2v) is 6.92. The van der Waals surface area contributed by atoms with Gasteiger partial charge in [-0.2, -0.15) is 0 Å². The summed E-state index contributed by atoms with van der Waals surface area (Å²) in [7, 11) is 1.71.